The molecule has 1 aromatic carbocycles. The summed E-state index contributed by atoms with van der Waals surface area (Å²) in [6.45, 7) is 3.43. The van der Waals surface area contributed by atoms with Crippen molar-refractivity contribution in [3.8, 4) is 0 Å². The average Bonchev–Trinajstić information content (AvgIpc) is 2.34. The normalized spacial score (nSPS) is 10.8. The summed E-state index contributed by atoms with van der Waals surface area (Å²) in [6.07, 6.45) is 3.34. The van der Waals surface area contributed by atoms with Crippen LogP contribution in [0.2, 0.25) is 0 Å². The molecule has 16 heavy (non-hydrogen) atoms. The number of amides is 1. The van der Waals surface area contributed by atoms with E-state index in [0.717, 1.165) is 26.1 Å². The predicted octanol–water partition coefficient (Wildman–Crippen LogP) is 2.71. The summed E-state index contributed by atoms with van der Waals surface area (Å²) >= 11 is 0. The van der Waals surface area contributed by atoms with E-state index in [4.69, 9.17) is 4.74 Å². The Balaban J connectivity index is 2.27. The van der Waals surface area contributed by atoms with Gasteiger partial charge in [-0.25, -0.2) is 4.99 Å². The topological polar surface area (TPSA) is 38.7 Å². The molecule has 0 atom stereocenters. The largest absolute Gasteiger partial charge is 0.382 e. The third kappa shape index (κ3) is 4.84. The van der Waals surface area contributed by atoms with Gasteiger partial charge in [-0.15, -0.1) is 0 Å². The lowest BCUT2D eigenvalue weighted by atomic mass is 10.2. The minimum Gasteiger partial charge on any atom is -0.382 e. The van der Waals surface area contributed by atoms with Gasteiger partial charge in [0.1, 0.15) is 0 Å². The molecule has 0 aliphatic carbocycles. The highest BCUT2D eigenvalue weighted by atomic mass is 16.5. The molecule has 0 aromatic heterocycles. The van der Waals surface area contributed by atoms with Crippen LogP contribution in [0.5, 0.6) is 0 Å². The third-order valence-electron chi connectivity index (χ3n) is 2.06. The van der Waals surface area contributed by atoms with Crippen LogP contribution in [0.4, 0.5) is 0 Å². The van der Waals surface area contributed by atoms with Gasteiger partial charge in [-0.2, -0.15) is 0 Å². The van der Waals surface area contributed by atoms with Gasteiger partial charge in [0.05, 0.1) is 0 Å². The fourth-order valence-corrected chi connectivity index (χ4v) is 1.22. The number of hydrogen-bond donors (Lipinski definition) is 0. The number of benzene rings is 1. The zero-order valence-electron chi connectivity index (χ0n) is 9.56. The second-order valence-corrected chi connectivity index (χ2v) is 3.32. The average molecular weight is 219 g/mol. The van der Waals surface area contributed by atoms with Gasteiger partial charge in [0.2, 0.25) is 0 Å². The number of ether oxygens (including phenoxy) is 1. The van der Waals surface area contributed by atoms with E-state index >= 15 is 0 Å². The van der Waals surface area contributed by atoms with Gasteiger partial charge in [-0.3, -0.25) is 4.79 Å². The van der Waals surface area contributed by atoms with Crippen LogP contribution in [-0.2, 0) is 4.74 Å². The second kappa shape index (κ2) is 7.77. The van der Waals surface area contributed by atoms with E-state index in [2.05, 4.69) is 4.99 Å². The second-order valence-electron chi connectivity index (χ2n) is 3.32. The molecule has 0 heterocycles. The van der Waals surface area contributed by atoms with Gasteiger partial charge in [0.25, 0.3) is 5.91 Å². The summed E-state index contributed by atoms with van der Waals surface area (Å²) in [6, 6.07) is 9.07. The Labute approximate surface area is 96.2 Å². The molecule has 3 nitrogen and oxygen atoms in total. The van der Waals surface area contributed by atoms with Crippen LogP contribution < -0.4 is 0 Å². The standard InChI is InChI=1S/C13H17NO2/c1-2-16-11-7-6-10-14-13(15)12-8-4-3-5-9-12/h3-5,8-10H,2,6-7,11H2,1H3. The molecule has 0 saturated carbocycles. The minimum atomic E-state index is -0.183. The monoisotopic (exact) mass is 219 g/mol. The van der Waals surface area contributed by atoms with Crippen LogP contribution in [0, 0.1) is 0 Å². The number of rotatable bonds is 6. The van der Waals surface area contributed by atoms with Crippen molar-refractivity contribution in [2.24, 2.45) is 4.99 Å². The molecule has 1 rings (SSSR count). The van der Waals surface area contributed by atoms with E-state index in [-0.39, 0.29) is 5.91 Å². The van der Waals surface area contributed by atoms with E-state index in [0.29, 0.717) is 5.56 Å². The van der Waals surface area contributed by atoms with Crippen molar-refractivity contribution in [1.82, 2.24) is 0 Å². The number of carbonyl (C=O) groups excluding carboxylic acids is 1. The van der Waals surface area contributed by atoms with E-state index in [1.807, 2.05) is 25.1 Å². The maximum Gasteiger partial charge on any atom is 0.276 e. The number of hydrogen-bond acceptors (Lipinski definition) is 2. The lowest BCUT2D eigenvalue weighted by molar-refractivity contribution is 0.100. The van der Waals surface area contributed by atoms with Crippen LogP contribution in [0.3, 0.4) is 0 Å². The maximum atomic E-state index is 11.5. The molecule has 0 aliphatic rings. The zero-order valence-corrected chi connectivity index (χ0v) is 9.56. The van der Waals surface area contributed by atoms with Crippen molar-refractivity contribution in [1.29, 1.82) is 0 Å². The predicted molar refractivity (Wildman–Crippen MR) is 65.0 cm³/mol. The third-order valence-corrected chi connectivity index (χ3v) is 2.06. The minimum absolute atomic E-state index is 0.183. The van der Waals surface area contributed by atoms with Crippen molar-refractivity contribution in [3.05, 3.63) is 35.9 Å². The summed E-state index contributed by atoms with van der Waals surface area (Å²) in [5, 5.41) is 0. The molecule has 86 valence electrons. The Kier molecular flexibility index (Phi) is 6.11. The van der Waals surface area contributed by atoms with Crippen molar-refractivity contribution in [2.45, 2.75) is 19.8 Å². The van der Waals surface area contributed by atoms with Gasteiger partial charge in [-0.05, 0) is 31.9 Å². The van der Waals surface area contributed by atoms with Gasteiger partial charge < -0.3 is 4.74 Å². The first-order valence-electron chi connectivity index (χ1n) is 5.54. The fourth-order valence-electron chi connectivity index (χ4n) is 1.22. The van der Waals surface area contributed by atoms with E-state index in [1.165, 1.54) is 0 Å². The Morgan fingerprint density at radius 1 is 1.38 bits per heavy atom. The van der Waals surface area contributed by atoms with Crippen molar-refractivity contribution in [2.75, 3.05) is 13.2 Å². The smallest absolute Gasteiger partial charge is 0.276 e. The molecule has 0 aliphatic heterocycles. The molecule has 1 aromatic rings. The molecule has 0 radical (unpaired) electrons. The summed E-state index contributed by atoms with van der Waals surface area (Å²) < 4.78 is 5.18. The Hall–Kier alpha value is -1.48. The van der Waals surface area contributed by atoms with Crippen LogP contribution in [0.25, 0.3) is 0 Å². The highest BCUT2D eigenvalue weighted by Gasteiger charge is 1.99. The van der Waals surface area contributed by atoms with Crippen LogP contribution in [0.1, 0.15) is 30.1 Å². The molecule has 0 spiro atoms. The molecule has 0 fully saturated rings. The molecule has 0 N–H and O–H groups in total. The first-order valence-corrected chi connectivity index (χ1v) is 5.54. The molecule has 0 saturated heterocycles. The number of unbranched alkanes of at least 4 members (excludes halogenated alkanes) is 1. The summed E-state index contributed by atoms with van der Waals surface area (Å²) in [5.74, 6) is -0.183. The van der Waals surface area contributed by atoms with Crippen LogP contribution in [0.15, 0.2) is 35.3 Å². The van der Waals surface area contributed by atoms with E-state index in [9.17, 15) is 4.79 Å². The quantitative estimate of drug-likeness (QED) is 0.545. The van der Waals surface area contributed by atoms with Crippen LogP contribution >= 0.6 is 0 Å². The molecular formula is C13H17NO2. The maximum absolute atomic E-state index is 11.5. The molecule has 0 unspecified atom stereocenters. The van der Waals surface area contributed by atoms with Gasteiger partial charge in [-0.1, -0.05) is 18.2 Å². The SMILES string of the molecule is CCOCCCC=NC(=O)c1ccccc1. The summed E-state index contributed by atoms with van der Waals surface area (Å²) in [7, 11) is 0. The Morgan fingerprint density at radius 3 is 2.81 bits per heavy atom. The van der Waals surface area contributed by atoms with Crippen LogP contribution in [-0.4, -0.2) is 25.3 Å². The number of aliphatic imine (C=N–C) groups is 1. The highest BCUT2D eigenvalue weighted by molar-refractivity contribution is 5.98. The number of carbonyl (C=O) groups is 1. The van der Waals surface area contributed by atoms with Gasteiger partial charge in [0.15, 0.2) is 0 Å². The molecule has 0 bridgehead atoms. The molecule has 3 heteroatoms. The fraction of sp³-hybridized carbons (Fsp3) is 0.385. The van der Waals surface area contributed by atoms with Crippen molar-refractivity contribution in [3.63, 3.8) is 0 Å². The number of nitrogens with zero attached hydrogens (tertiary/aromatic N) is 1. The summed E-state index contributed by atoms with van der Waals surface area (Å²) in [4.78, 5) is 15.4. The molecule has 1 amide bonds. The van der Waals surface area contributed by atoms with Gasteiger partial charge >= 0.3 is 0 Å². The van der Waals surface area contributed by atoms with Crippen molar-refractivity contribution < 1.29 is 9.53 Å². The Morgan fingerprint density at radius 2 is 2.12 bits per heavy atom. The van der Waals surface area contributed by atoms with Crippen molar-refractivity contribution >= 4 is 12.1 Å². The van der Waals surface area contributed by atoms with E-state index < -0.39 is 0 Å². The summed E-state index contributed by atoms with van der Waals surface area (Å²) in [5.41, 5.74) is 0.628. The zero-order chi connectivity index (χ0) is 11.6. The van der Waals surface area contributed by atoms with E-state index in [1.54, 1.807) is 18.3 Å². The first kappa shape index (κ1) is 12.6. The lowest BCUT2D eigenvalue weighted by Crippen LogP contribution is -1.96. The van der Waals surface area contributed by atoms with Gasteiger partial charge in [0, 0.05) is 25.0 Å². The lowest BCUT2D eigenvalue weighted by Gasteiger charge is -1.97. The highest BCUT2D eigenvalue weighted by Crippen LogP contribution is 2.00. The Bertz CT molecular complexity index is 333. The first-order chi connectivity index (χ1) is 7.84. The molecular weight excluding hydrogens is 202 g/mol.